The molecule has 0 aromatic heterocycles. The first-order valence-corrected chi connectivity index (χ1v) is 9.25. The van der Waals surface area contributed by atoms with Crippen molar-refractivity contribution in [2.45, 2.75) is 32.2 Å². The average molecular weight is 396 g/mol. The molecule has 1 aliphatic rings. The number of likely N-dealkylation sites (N-methyl/N-ethyl adjacent to an activating group) is 1. The van der Waals surface area contributed by atoms with Crippen molar-refractivity contribution in [2.24, 2.45) is 11.7 Å². The Morgan fingerprint density at radius 2 is 2.04 bits per heavy atom. The zero-order valence-electron chi connectivity index (χ0n) is 15.9. The van der Waals surface area contributed by atoms with Crippen LogP contribution >= 0.6 is 0 Å². The van der Waals surface area contributed by atoms with Gasteiger partial charge in [-0.25, -0.2) is 13.6 Å². The van der Waals surface area contributed by atoms with E-state index >= 15 is 0 Å². The summed E-state index contributed by atoms with van der Waals surface area (Å²) in [7, 11) is 1.47. The maximum absolute atomic E-state index is 13.2. The monoisotopic (exact) mass is 396 g/mol. The largest absolute Gasteiger partial charge is 0.352 e. The fraction of sp³-hybridized carbons (Fsp3) is 0.526. The molecule has 0 saturated carbocycles. The quantitative estimate of drug-likeness (QED) is 0.733. The van der Waals surface area contributed by atoms with Crippen LogP contribution in [0.25, 0.3) is 0 Å². The lowest BCUT2D eigenvalue weighted by Crippen LogP contribution is -2.46. The summed E-state index contributed by atoms with van der Waals surface area (Å²) in [5, 5.41) is 2.69. The Bertz CT molecular complexity index is 729. The van der Waals surface area contributed by atoms with Crippen LogP contribution in [0.3, 0.4) is 0 Å². The Kier molecular flexibility index (Phi) is 7.71. The number of halogens is 2. The zero-order chi connectivity index (χ0) is 20.7. The van der Waals surface area contributed by atoms with Crippen LogP contribution in [0.1, 0.15) is 31.2 Å². The molecule has 3 N–H and O–H groups in total. The predicted octanol–water partition coefficient (Wildman–Crippen LogP) is 1.61. The van der Waals surface area contributed by atoms with Crippen LogP contribution in [-0.2, 0) is 16.1 Å². The van der Waals surface area contributed by atoms with E-state index in [1.165, 1.54) is 13.1 Å². The molecule has 0 spiro atoms. The van der Waals surface area contributed by atoms with E-state index < -0.39 is 17.7 Å². The van der Waals surface area contributed by atoms with Gasteiger partial charge in [0, 0.05) is 33.1 Å². The van der Waals surface area contributed by atoms with Crippen LogP contribution in [0.4, 0.5) is 13.6 Å². The Morgan fingerprint density at radius 3 is 2.71 bits per heavy atom. The summed E-state index contributed by atoms with van der Waals surface area (Å²) >= 11 is 0. The molecule has 1 aliphatic heterocycles. The van der Waals surface area contributed by atoms with E-state index in [2.05, 4.69) is 5.32 Å². The van der Waals surface area contributed by atoms with Crippen molar-refractivity contribution in [3.63, 3.8) is 0 Å². The number of hydrogen-bond donors (Lipinski definition) is 2. The third-order valence-electron chi connectivity index (χ3n) is 4.87. The van der Waals surface area contributed by atoms with E-state index in [1.807, 2.05) is 0 Å². The first-order valence-electron chi connectivity index (χ1n) is 9.25. The third-order valence-corrected chi connectivity index (χ3v) is 4.87. The van der Waals surface area contributed by atoms with Gasteiger partial charge in [-0.1, -0.05) is 6.07 Å². The van der Waals surface area contributed by atoms with E-state index in [9.17, 15) is 23.2 Å². The summed E-state index contributed by atoms with van der Waals surface area (Å²) in [6.45, 7) is 1.24. The van der Waals surface area contributed by atoms with Gasteiger partial charge in [0.05, 0.1) is 0 Å². The maximum Gasteiger partial charge on any atom is 0.314 e. The number of carbonyl (C=O) groups excluding carboxylic acids is 3. The third kappa shape index (κ3) is 6.47. The molecule has 0 bridgehead atoms. The Balaban J connectivity index is 1.74. The Morgan fingerprint density at radius 1 is 1.29 bits per heavy atom. The highest BCUT2D eigenvalue weighted by Gasteiger charge is 2.25. The number of carbonyl (C=O) groups is 3. The van der Waals surface area contributed by atoms with Gasteiger partial charge < -0.3 is 20.9 Å². The van der Waals surface area contributed by atoms with Gasteiger partial charge in [-0.2, -0.15) is 0 Å². The summed E-state index contributed by atoms with van der Waals surface area (Å²) < 4.78 is 26.1. The van der Waals surface area contributed by atoms with Crippen LogP contribution in [0.15, 0.2) is 18.2 Å². The van der Waals surface area contributed by atoms with Gasteiger partial charge in [0.2, 0.25) is 11.8 Å². The van der Waals surface area contributed by atoms with Gasteiger partial charge in [-0.15, -0.1) is 0 Å². The minimum Gasteiger partial charge on any atom is -0.352 e. The van der Waals surface area contributed by atoms with Crippen molar-refractivity contribution in [2.75, 3.05) is 26.7 Å². The van der Waals surface area contributed by atoms with E-state index in [-0.39, 0.29) is 37.2 Å². The topological polar surface area (TPSA) is 95.7 Å². The van der Waals surface area contributed by atoms with Gasteiger partial charge >= 0.3 is 6.03 Å². The van der Waals surface area contributed by atoms with E-state index in [0.29, 0.717) is 25.1 Å². The van der Waals surface area contributed by atoms with Gasteiger partial charge in [0.1, 0.15) is 6.54 Å². The molecule has 0 aliphatic carbocycles. The molecule has 1 heterocycles. The standard InChI is InChI=1S/C19H26F2N4O3/c1-24(19(22)28)12-18(27)25-8-2-3-13(11-25)5-7-17(26)23-10-14-4-6-15(20)16(21)9-14/h4,6,9,13H,2-3,5,7-8,10-12H2,1H3,(H2,22,28)(H,23,26)/t13-/m0/s1. The second kappa shape index (κ2) is 10.0. The molecule has 9 heteroatoms. The molecule has 154 valence electrons. The van der Waals surface area contributed by atoms with Crippen molar-refractivity contribution < 1.29 is 23.2 Å². The van der Waals surface area contributed by atoms with Gasteiger partial charge in [-0.05, 0) is 42.9 Å². The number of amides is 4. The molecule has 2 rings (SSSR count). The van der Waals surface area contributed by atoms with E-state index in [4.69, 9.17) is 5.73 Å². The molecule has 7 nitrogen and oxygen atoms in total. The summed E-state index contributed by atoms with van der Waals surface area (Å²) in [5.74, 6) is -2.00. The lowest BCUT2D eigenvalue weighted by atomic mass is 9.93. The predicted molar refractivity (Wildman–Crippen MR) is 99.0 cm³/mol. The Hall–Kier alpha value is -2.71. The van der Waals surface area contributed by atoms with Crippen LogP contribution in [0.5, 0.6) is 0 Å². The molecular weight excluding hydrogens is 370 g/mol. The van der Waals surface area contributed by atoms with Crippen molar-refractivity contribution in [3.05, 3.63) is 35.4 Å². The highest BCUT2D eigenvalue weighted by molar-refractivity contribution is 5.83. The second-order valence-corrected chi connectivity index (χ2v) is 7.11. The summed E-state index contributed by atoms with van der Waals surface area (Å²) in [5.41, 5.74) is 5.63. The van der Waals surface area contributed by atoms with Crippen molar-refractivity contribution in [1.82, 2.24) is 15.1 Å². The molecule has 1 saturated heterocycles. The lowest BCUT2D eigenvalue weighted by molar-refractivity contribution is -0.133. The molecule has 0 unspecified atom stereocenters. The number of rotatable bonds is 7. The fourth-order valence-electron chi connectivity index (χ4n) is 3.18. The molecule has 0 radical (unpaired) electrons. The summed E-state index contributed by atoms with van der Waals surface area (Å²) in [4.78, 5) is 38.2. The number of hydrogen-bond acceptors (Lipinski definition) is 3. The number of urea groups is 1. The van der Waals surface area contributed by atoms with Crippen LogP contribution in [0.2, 0.25) is 0 Å². The maximum atomic E-state index is 13.2. The number of nitrogens with zero attached hydrogens (tertiary/aromatic N) is 2. The number of piperidine rings is 1. The first kappa shape index (κ1) is 21.6. The Labute approximate surface area is 162 Å². The summed E-state index contributed by atoms with van der Waals surface area (Å²) in [6, 6.07) is 2.86. The lowest BCUT2D eigenvalue weighted by Gasteiger charge is -2.33. The number of benzene rings is 1. The van der Waals surface area contributed by atoms with Crippen LogP contribution in [0, 0.1) is 17.6 Å². The fourth-order valence-corrected chi connectivity index (χ4v) is 3.18. The molecule has 1 aromatic carbocycles. The molecular formula is C19H26F2N4O3. The molecule has 1 fully saturated rings. The van der Waals surface area contributed by atoms with E-state index in [1.54, 1.807) is 4.90 Å². The molecule has 1 aromatic rings. The second-order valence-electron chi connectivity index (χ2n) is 7.11. The summed E-state index contributed by atoms with van der Waals surface area (Å²) in [6.07, 6.45) is 2.68. The van der Waals surface area contributed by atoms with Crippen molar-refractivity contribution >= 4 is 17.8 Å². The minimum absolute atomic E-state index is 0.0588. The highest BCUT2D eigenvalue weighted by atomic mass is 19.2. The molecule has 4 amide bonds. The minimum atomic E-state index is -0.944. The van der Waals surface area contributed by atoms with Crippen LogP contribution < -0.4 is 11.1 Å². The molecule has 1 atom stereocenters. The number of nitrogens with one attached hydrogen (secondary N) is 1. The van der Waals surface area contributed by atoms with Crippen molar-refractivity contribution in [1.29, 1.82) is 0 Å². The molecule has 28 heavy (non-hydrogen) atoms. The smallest absolute Gasteiger partial charge is 0.314 e. The number of nitrogens with two attached hydrogens (primary N) is 1. The van der Waals surface area contributed by atoms with Crippen LogP contribution in [-0.4, -0.2) is 54.3 Å². The highest BCUT2D eigenvalue weighted by Crippen LogP contribution is 2.21. The van der Waals surface area contributed by atoms with Gasteiger partial charge in [0.15, 0.2) is 11.6 Å². The van der Waals surface area contributed by atoms with Gasteiger partial charge in [0.25, 0.3) is 0 Å². The first-order chi connectivity index (χ1) is 13.3. The van der Waals surface area contributed by atoms with E-state index in [0.717, 1.165) is 29.9 Å². The SMILES string of the molecule is CN(CC(=O)N1CCC[C@@H](CCC(=O)NCc2ccc(F)c(F)c2)C1)C(N)=O. The number of primary amides is 1. The van der Waals surface area contributed by atoms with Crippen molar-refractivity contribution in [3.8, 4) is 0 Å². The average Bonchev–Trinajstić information content (AvgIpc) is 2.67. The van der Waals surface area contributed by atoms with Gasteiger partial charge in [-0.3, -0.25) is 9.59 Å². The normalized spacial score (nSPS) is 16.5. The number of likely N-dealkylation sites (tertiary alicyclic amines) is 1. The zero-order valence-corrected chi connectivity index (χ0v) is 15.9.